The van der Waals surface area contributed by atoms with Crippen LogP contribution in [0, 0.1) is 10.1 Å². The fourth-order valence-electron chi connectivity index (χ4n) is 3.35. The summed E-state index contributed by atoms with van der Waals surface area (Å²) in [4.78, 5) is 55.0. The minimum atomic E-state index is -0.777. The number of unbranched alkanes of at least 4 members (excludes halogenated alkanes) is 3. The van der Waals surface area contributed by atoms with Gasteiger partial charge in [0.2, 0.25) is 0 Å². The van der Waals surface area contributed by atoms with E-state index in [1.54, 1.807) is 12.1 Å². The molecule has 0 aliphatic carbocycles. The molecule has 1 aromatic heterocycles. The topological polar surface area (TPSA) is 126 Å². The first-order valence-electron chi connectivity index (χ1n) is 10.7. The highest BCUT2D eigenvalue weighted by atomic mass is 16.6. The predicted molar refractivity (Wildman–Crippen MR) is 122 cm³/mol. The molecule has 1 aliphatic heterocycles. The van der Waals surface area contributed by atoms with E-state index in [-0.39, 0.29) is 29.5 Å². The molecule has 0 bridgehead atoms. The maximum Gasteiger partial charge on any atom is 0.337 e. The molecule has 10 nitrogen and oxygen atoms in total. The van der Waals surface area contributed by atoms with Crippen molar-refractivity contribution in [2.24, 2.45) is 0 Å². The number of nitrogens with one attached hydrogen (secondary N) is 1. The number of hydrogen-bond donors (Lipinski definition) is 1. The standard InChI is InChI=1S/C23H25N5O5/c1-2-3-4-7-13-24-21(29)17-11-12-20(25-16-17)26-14-8-15-27(23(26)31)22(30)18-9-5-6-10-19(18)28(32)33/h5-6,8-12,14,16H,2-4,7,13,15H2,1H3,(H,24,29). The molecule has 0 spiro atoms. The van der Waals surface area contributed by atoms with Crippen LogP contribution in [0.3, 0.4) is 0 Å². The van der Waals surface area contributed by atoms with Crippen LogP contribution in [-0.4, -0.2) is 45.7 Å². The van der Waals surface area contributed by atoms with E-state index in [4.69, 9.17) is 0 Å². The fourth-order valence-corrected chi connectivity index (χ4v) is 3.35. The molecule has 10 heteroatoms. The van der Waals surface area contributed by atoms with Gasteiger partial charge in [0.25, 0.3) is 17.5 Å². The van der Waals surface area contributed by atoms with Crippen LogP contribution >= 0.6 is 0 Å². The molecule has 2 aromatic rings. The zero-order chi connectivity index (χ0) is 23.8. The second kappa shape index (κ2) is 11.0. The summed E-state index contributed by atoms with van der Waals surface area (Å²) in [6, 6.07) is 7.83. The Labute approximate surface area is 191 Å². The molecule has 1 aliphatic rings. The monoisotopic (exact) mass is 451 g/mol. The average Bonchev–Trinajstić information content (AvgIpc) is 2.83. The number of carbonyl (C=O) groups is 3. The van der Waals surface area contributed by atoms with Gasteiger partial charge in [0.05, 0.1) is 17.0 Å². The van der Waals surface area contributed by atoms with Crippen molar-refractivity contribution in [3.63, 3.8) is 0 Å². The lowest BCUT2D eigenvalue weighted by molar-refractivity contribution is -0.385. The van der Waals surface area contributed by atoms with E-state index in [9.17, 15) is 24.5 Å². The van der Waals surface area contributed by atoms with Gasteiger partial charge in [0, 0.05) is 25.0 Å². The van der Waals surface area contributed by atoms with E-state index < -0.39 is 16.9 Å². The molecule has 0 radical (unpaired) electrons. The molecule has 3 rings (SSSR count). The number of aromatic nitrogens is 1. The van der Waals surface area contributed by atoms with Crippen molar-refractivity contribution in [2.45, 2.75) is 32.6 Å². The van der Waals surface area contributed by atoms with Gasteiger partial charge in [-0.25, -0.2) is 9.78 Å². The number of hydrogen-bond acceptors (Lipinski definition) is 6. The van der Waals surface area contributed by atoms with Gasteiger partial charge < -0.3 is 5.32 Å². The number of anilines is 1. The summed E-state index contributed by atoms with van der Waals surface area (Å²) in [5.41, 5.74) is -0.194. The minimum absolute atomic E-state index is 0.0290. The van der Waals surface area contributed by atoms with Crippen molar-refractivity contribution in [2.75, 3.05) is 18.0 Å². The van der Waals surface area contributed by atoms with Crippen molar-refractivity contribution in [1.29, 1.82) is 0 Å². The van der Waals surface area contributed by atoms with Crippen LogP contribution in [0.25, 0.3) is 0 Å². The molecule has 0 atom stereocenters. The number of rotatable bonds is 9. The fraction of sp³-hybridized carbons (Fsp3) is 0.304. The first kappa shape index (κ1) is 23.6. The van der Waals surface area contributed by atoms with Crippen LogP contribution in [0.4, 0.5) is 16.3 Å². The summed E-state index contributed by atoms with van der Waals surface area (Å²) in [6.45, 7) is 2.67. The van der Waals surface area contributed by atoms with Crippen molar-refractivity contribution >= 4 is 29.4 Å². The second-order valence-electron chi connectivity index (χ2n) is 7.45. The van der Waals surface area contributed by atoms with Gasteiger partial charge in [-0.3, -0.25) is 29.5 Å². The van der Waals surface area contributed by atoms with Crippen LogP contribution in [-0.2, 0) is 0 Å². The molecule has 1 aromatic carbocycles. The normalized spacial score (nSPS) is 13.2. The maximum atomic E-state index is 13.0. The number of pyridine rings is 1. The highest BCUT2D eigenvalue weighted by molar-refractivity contribution is 6.11. The van der Waals surface area contributed by atoms with Gasteiger partial charge in [-0.1, -0.05) is 38.3 Å². The van der Waals surface area contributed by atoms with Gasteiger partial charge >= 0.3 is 6.03 Å². The molecule has 2 heterocycles. The van der Waals surface area contributed by atoms with E-state index in [1.165, 1.54) is 42.7 Å². The molecule has 0 fully saturated rings. The Morgan fingerprint density at radius 3 is 2.64 bits per heavy atom. The number of nitro groups is 1. The van der Waals surface area contributed by atoms with Crippen molar-refractivity contribution in [3.8, 4) is 0 Å². The first-order valence-corrected chi connectivity index (χ1v) is 10.7. The van der Waals surface area contributed by atoms with Crippen molar-refractivity contribution in [1.82, 2.24) is 15.2 Å². The second-order valence-corrected chi connectivity index (χ2v) is 7.45. The Hall–Kier alpha value is -4.08. The third-order valence-electron chi connectivity index (χ3n) is 5.13. The third-order valence-corrected chi connectivity index (χ3v) is 5.13. The highest BCUT2D eigenvalue weighted by Crippen LogP contribution is 2.23. The van der Waals surface area contributed by atoms with Crippen LogP contribution < -0.4 is 10.2 Å². The number of imide groups is 1. The van der Waals surface area contributed by atoms with Crippen LogP contribution in [0.15, 0.2) is 54.9 Å². The zero-order valence-electron chi connectivity index (χ0n) is 18.3. The van der Waals surface area contributed by atoms with E-state index in [2.05, 4.69) is 17.2 Å². The van der Waals surface area contributed by atoms with Crippen molar-refractivity contribution in [3.05, 3.63) is 76.1 Å². The molecule has 0 saturated heterocycles. The molecule has 0 unspecified atom stereocenters. The number of nitrogens with zero attached hydrogens (tertiary/aromatic N) is 4. The first-order chi connectivity index (χ1) is 15.9. The molecule has 4 amide bonds. The predicted octanol–water partition coefficient (Wildman–Crippen LogP) is 3.90. The van der Waals surface area contributed by atoms with Gasteiger partial charge in [0.1, 0.15) is 11.4 Å². The highest BCUT2D eigenvalue weighted by Gasteiger charge is 2.33. The summed E-state index contributed by atoms with van der Waals surface area (Å²) in [5, 5.41) is 14.1. The minimum Gasteiger partial charge on any atom is -0.352 e. The van der Waals surface area contributed by atoms with Gasteiger partial charge in [-0.2, -0.15) is 0 Å². The Bertz CT molecular complexity index is 1070. The molecule has 172 valence electrons. The van der Waals surface area contributed by atoms with Gasteiger partial charge in [-0.15, -0.1) is 0 Å². The Morgan fingerprint density at radius 1 is 1.15 bits per heavy atom. The zero-order valence-corrected chi connectivity index (χ0v) is 18.3. The Balaban J connectivity index is 1.69. The quantitative estimate of drug-likeness (QED) is 0.350. The lowest BCUT2D eigenvalue weighted by atomic mass is 10.1. The van der Waals surface area contributed by atoms with Gasteiger partial charge in [-0.05, 0) is 30.7 Å². The summed E-state index contributed by atoms with van der Waals surface area (Å²) >= 11 is 0. The summed E-state index contributed by atoms with van der Waals surface area (Å²) in [7, 11) is 0. The number of amides is 4. The van der Waals surface area contributed by atoms with Crippen LogP contribution in [0.2, 0.25) is 0 Å². The van der Waals surface area contributed by atoms with E-state index in [0.29, 0.717) is 12.1 Å². The number of para-hydroxylation sites is 1. The van der Waals surface area contributed by atoms with Gasteiger partial charge in [0.15, 0.2) is 0 Å². The lowest BCUT2D eigenvalue weighted by Gasteiger charge is -2.29. The number of urea groups is 1. The Morgan fingerprint density at radius 2 is 1.94 bits per heavy atom. The SMILES string of the molecule is CCCCCCNC(=O)c1ccc(N2C=CCN(C(=O)c3ccccc3[N+](=O)[O-])C2=O)nc1. The smallest absolute Gasteiger partial charge is 0.337 e. The Kier molecular flexibility index (Phi) is 7.85. The van der Waals surface area contributed by atoms with E-state index >= 15 is 0 Å². The van der Waals surface area contributed by atoms with Crippen molar-refractivity contribution < 1.29 is 19.3 Å². The third kappa shape index (κ3) is 5.59. The molecular formula is C23H25N5O5. The number of carbonyl (C=O) groups excluding carboxylic acids is 3. The molecule has 1 N–H and O–H groups in total. The maximum absolute atomic E-state index is 13.0. The number of benzene rings is 1. The molecular weight excluding hydrogens is 426 g/mol. The number of nitro benzene ring substituents is 1. The van der Waals surface area contributed by atoms with E-state index in [0.717, 1.165) is 35.5 Å². The van der Waals surface area contributed by atoms with E-state index in [1.807, 2.05) is 0 Å². The van der Waals surface area contributed by atoms with Crippen LogP contribution in [0.5, 0.6) is 0 Å². The summed E-state index contributed by atoms with van der Waals surface area (Å²) < 4.78 is 0. The summed E-state index contributed by atoms with van der Waals surface area (Å²) in [6.07, 6.45) is 8.61. The van der Waals surface area contributed by atoms with Crippen LogP contribution in [0.1, 0.15) is 53.3 Å². The molecule has 0 saturated carbocycles. The average molecular weight is 451 g/mol. The lowest BCUT2D eigenvalue weighted by Crippen LogP contribution is -2.47. The summed E-state index contributed by atoms with van der Waals surface area (Å²) in [5.74, 6) is -0.809. The molecule has 33 heavy (non-hydrogen) atoms. The largest absolute Gasteiger partial charge is 0.352 e.